The molecular formula is C22H25N5O6S. The van der Waals surface area contributed by atoms with Crippen molar-refractivity contribution in [2.45, 2.75) is 10.9 Å². The Morgan fingerprint density at radius 1 is 1.21 bits per heavy atom. The molecule has 0 amide bonds. The molecule has 1 aromatic heterocycles. The summed E-state index contributed by atoms with van der Waals surface area (Å²) in [7, 11) is -0.507. The molecule has 2 heterocycles. The van der Waals surface area contributed by atoms with Crippen molar-refractivity contribution in [1.82, 2.24) is 13.9 Å². The topological polar surface area (TPSA) is 129 Å². The van der Waals surface area contributed by atoms with E-state index >= 15 is 0 Å². The van der Waals surface area contributed by atoms with E-state index in [1.165, 1.54) is 16.4 Å². The van der Waals surface area contributed by atoms with E-state index < -0.39 is 21.0 Å². The number of methoxy groups -OCH3 is 1. The van der Waals surface area contributed by atoms with Gasteiger partial charge in [-0.1, -0.05) is 12.1 Å². The molecule has 1 atom stereocenters. The average molecular weight is 488 g/mol. The molecule has 3 aromatic rings. The second kappa shape index (κ2) is 9.79. The smallest absolute Gasteiger partial charge is 0.293 e. The first-order valence-electron chi connectivity index (χ1n) is 10.6. The molecule has 1 aliphatic heterocycles. The largest absolute Gasteiger partial charge is 0.497 e. The Hall–Kier alpha value is -3.48. The van der Waals surface area contributed by atoms with E-state index in [-0.39, 0.29) is 42.6 Å². The minimum absolute atomic E-state index is 0.137. The van der Waals surface area contributed by atoms with Crippen LogP contribution in [0.4, 0.5) is 11.4 Å². The van der Waals surface area contributed by atoms with Gasteiger partial charge in [0, 0.05) is 38.6 Å². The number of imidazole rings is 1. The minimum Gasteiger partial charge on any atom is -0.497 e. The van der Waals surface area contributed by atoms with Crippen molar-refractivity contribution in [3.05, 3.63) is 76.4 Å². The van der Waals surface area contributed by atoms with E-state index in [2.05, 4.69) is 10.3 Å². The second-order valence-electron chi connectivity index (χ2n) is 7.70. The van der Waals surface area contributed by atoms with Gasteiger partial charge in [0.25, 0.3) is 5.69 Å². The molecule has 180 valence electrons. The molecule has 0 bridgehead atoms. The molecule has 0 saturated carbocycles. The second-order valence-corrected chi connectivity index (χ2v) is 9.64. The fourth-order valence-electron chi connectivity index (χ4n) is 3.81. The quantitative estimate of drug-likeness (QED) is 0.379. The fraction of sp³-hybridized carbons (Fsp3) is 0.318. The van der Waals surface area contributed by atoms with Gasteiger partial charge in [0.2, 0.25) is 10.0 Å². The van der Waals surface area contributed by atoms with E-state index in [0.717, 1.165) is 11.6 Å². The monoisotopic (exact) mass is 487 g/mol. The first-order valence-corrected chi connectivity index (χ1v) is 12.0. The number of nitrogens with zero attached hydrogens (tertiary/aromatic N) is 4. The van der Waals surface area contributed by atoms with Gasteiger partial charge in [-0.05, 0) is 29.8 Å². The molecule has 2 aromatic carbocycles. The third-order valence-corrected chi connectivity index (χ3v) is 7.51. The summed E-state index contributed by atoms with van der Waals surface area (Å²) in [5.74, 6) is 1.24. The predicted octanol–water partition coefficient (Wildman–Crippen LogP) is 2.56. The molecule has 0 aliphatic carbocycles. The lowest BCUT2D eigenvalue weighted by Crippen LogP contribution is -2.40. The Balaban J connectivity index is 1.74. The van der Waals surface area contributed by atoms with Crippen molar-refractivity contribution < 1.29 is 22.8 Å². The van der Waals surface area contributed by atoms with Gasteiger partial charge in [-0.3, -0.25) is 10.1 Å². The summed E-state index contributed by atoms with van der Waals surface area (Å²) in [4.78, 5) is 15.6. The molecule has 1 aliphatic rings. The number of aromatic nitrogens is 2. The van der Waals surface area contributed by atoms with Crippen molar-refractivity contribution in [2.75, 3.05) is 38.7 Å². The zero-order valence-electron chi connectivity index (χ0n) is 18.7. The highest BCUT2D eigenvalue weighted by molar-refractivity contribution is 7.89. The van der Waals surface area contributed by atoms with Crippen LogP contribution in [0, 0.1) is 10.1 Å². The number of ether oxygens (including phenoxy) is 2. The van der Waals surface area contributed by atoms with Crippen molar-refractivity contribution >= 4 is 21.4 Å². The zero-order chi connectivity index (χ0) is 24.3. The summed E-state index contributed by atoms with van der Waals surface area (Å²) in [6, 6.07) is 10.6. The number of nitro benzene ring substituents is 1. The van der Waals surface area contributed by atoms with Crippen LogP contribution in [-0.4, -0.2) is 60.6 Å². The van der Waals surface area contributed by atoms with E-state index in [0.29, 0.717) is 11.6 Å². The lowest BCUT2D eigenvalue weighted by molar-refractivity contribution is -0.384. The van der Waals surface area contributed by atoms with E-state index in [9.17, 15) is 18.5 Å². The van der Waals surface area contributed by atoms with E-state index in [4.69, 9.17) is 9.47 Å². The molecule has 11 nitrogen and oxygen atoms in total. The number of nitro groups is 1. The standard InChI is InChI=1S/C22H25N5O6S/c1-25-9-8-23-22(25)21(16-4-3-5-17(14-16)32-2)24-19-7-6-18(15-20(19)27(28)29)34(30,31)26-10-12-33-13-11-26/h3-9,14-15,21,24H,10-13H2,1-2H3. The number of morpholine rings is 1. The Labute approximate surface area is 197 Å². The fourth-order valence-corrected chi connectivity index (χ4v) is 5.24. The van der Waals surface area contributed by atoms with E-state index in [1.54, 1.807) is 30.1 Å². The summed E-state index contributed by atoms with van der Waals surface area (Å²) in [5, 5.41) is 15.1. The van der Waals surface area contributed by atoms with Crippen LogP contribution in [0.15, 0.2) is 59.8 Å². The number of benzene rings is 2. The number of rotatable bonds is 8. The van der Waals surface area contributed by atoms with Gasteiger partial charge in [0.15, 0.2) is 0 Å². The van der Waals surface area contributed by atoms with Gasteiger partial charge < -0.3 is 19.4 Å². The maximum absolute atomic E-state index is 13.0. The molecule has 1 saturated heterocycles. The number of nitrogens with one attached hydrogen (secondary N) is 1. The first-order chi connectivity index (χ1) is 16.3. The first kappa shape index (κ1) is 23.7. The number of anilines is 1. The number of aryl methyl sites for hydroxylation is 1. The number of sulfonamides is 1. The van der Waals surface area contributed by atoms with Crippen LogP contribution in [0.3, 0.4) is 0 Å². The Kier molecular flexibility index (Phi) is 6.82. The average Bonchev–Trinajstić information content (AvgIpc) is 3.28. The summed E-state index contributed by atoms with van der Waals surface area (Å²) < 4.78 is 39.7. The van der Waals surface area contributed by atoms with Crippen LogP contribution >= 0.6 is 0 Å². The zero-order valence-corrected chi connectivity index (χ0v) is 19.6. The Morgan fingerprint density at radius 3 is 2.62 bits per heavy atom. The van der Waals surface area contributed by atoms with Crippen LogP contribution in [-0.2, 0) is 21.8 Å². The highest BCUT2D eigenvalue weighted by Gasteiger charge is 2.30. The molecular weight excluding hydrogens is 462 g/mol. The van der Waals surface area contributed by atoms with Crippen molar-refractivity contribution in [3.8, 4) is 5.75 Å². The maximum atomic E-state index is 13.0. The normalized spacial score (nSPS) is 15.6. The van der Waals surface area contributed by atoms with Gasteiger partial charge in [-0.25, -0.2) is 13.4 Å². The highest BCUT2D eigenvalue weighted by Crippen LogP contribution is 2.34. The lowest BCUT2D eigenvalue weighted by atomic mass is 10.0. The number of hydrogen-bond donors (Lipinski definition) is 1. The third kappa shape index (κ3) is 4.74. The molecule has 1 fully saturated rings. The van der Waals surface area contributed by atoms with Crippen molar-refractivity contribution in [3.63, 3.8) is 0 Å². The van der Waals surface area contributed by atoms with Gasteiger partial charge >= 0.3 is 0 Å². The van der Waals surface area contributed by atoms with Crippen molar-refractivity contribution in [2.24, 2.45) is 7.05 Å². The number of hydrogen-bond acceptors (Lipinski definition) is 8. The van der Waals surface area contributed by atoms with E-state index in [1.807, 2.05) is 25.2 Å². The van der Waals surface area contributed by atoms with Crippen LogP contribution in [0.2, 0.25) is 0 Å². The molecule has 4 rings (SSSR count). The SMILES string of the molecule is COc1cccc(C(Nc2ccc(S(=O)(=O)N3CCOCC3)cc2[N+](=O)[O-])c2nccn2C)c1. The molecule has 1 unspecified atom stereocenters. The van der Waals surface area contributed by atoms with Crippen molar-refractivity contribution in [1.29, 1.82) is 0 Å². The summed E-state index contributed by atoms with van der Waals surface area (Å²) in [6.45, 7) is 0.972. The molecule has 0 radical (unpaired) electrons. The maximum Gasteiger partial charge on any atom is 0.293 e. The molecule has 0 spiro atoms. The molecule has 12 heteroatoms. The molecule has 34 heavy (non-hydrogen) atoms. The summed E-state index contributed by atoms with van der Waals surface area (Å²) >= 11 is 0. The summed E-state index contributed by atoms with van der Waals surface area (Å²) in [6.07, 6.45) is 3.41. The van der Waals surface area contributed by atoms with Crippen LogP contribution in [0.25, 0.3) is 0 Å². The summed E-state index contributed by atoms with van der Waals surface area (Å²) in [5.41, 5.74) is 0.589. The predicted molar refractivity (Wildman–Crippen MR) is 124 cm³/mol. The van der Waals surface area contributed by atoms with Gasteiger partial charge in [-0.2, -0.15) is 4.31 Å². The van der Waals surface area contributed by atoms with Crippen LogP contribution in [0.5, 0.6) is 5.75 Å². The van der Waals surface area contributed by atoms with Crippen LogP contribution < -0.4 is 10.1 Å². The lowest BCUT2D eigenvalue weighted by Gasteiger charge is -2.26. The highest BCUT2D eigenvalue weighted by atomic mass is 32.2. The minimum atomic E-state index is -3.89. The Bertz CT molecular complexity index is 1290. The van der Waals surface area contributed by atoms with Gasteiger partial charge in [0.05, 0.1) is 30.1 Å². The van der Waals surface area contributed by atoms with Crippen LogP contribution in [0.1, 0.15) is 17.4 Å². The van der Waals surface area contributed by atoms with Gasteiger partial charge in [0.1, 0.15) is 23.3 Å². The van der Waals surface area contributed by atoms with Gasteiger partial charge in [-0.15, -0.1) is 0 Å². The third-order valence-electron chi connectivity index (χ3n) is 5.62. The molecule has 1 N–H and O–H groups in total. The Morgan fingerprint density at radius 2 is 1.97 bits per heavy atom.